The van der Waals surface area contributed by atoms with Crippen LogP contribution in [0.5, 0.6) is 0 Å². The number of aliphatic imine (C=N–C) groups is 1. The van der Waals surface area contributed by atoms with Crippen LogP contribution in [0.1, 0.15) is 49.8 Å². The lowest BCUT2D eigenvalue weighted by molar-refractivity contribution is -0.169. The standard InChI is InChI=1S/C31H33NO4/c1-3-35-29(33)23(2)31(30(34)36-22-24-13-7-4-8-14-24)20-19-27(21-31)32-28(25-15-9-5-10-16-25)26-17-11-6-12-18-26/h4-18,23,27H,3,19-22H2,1-2H3/t23?,27-,31+/m1/s1. The molecule has 0 aromatic heterocycles. The van der Waals surface area contributed by atoms with Crippen LogP contribution >= 0.6 is 0 Å². The lowest BCUT2D eigenvalue weighted by Crippen LogP contribution is -2.41. The second kappa shape index (κ2) is 11.8. The number of rotatable bonds is 9. The highest BCUT2D eigenvalue weighted by molar-refractivity contribution is 6.13. The van der Waals surface area contributed by atoms with Gasteiger partial charge in [-0.2, -0.15) is 0 Å². The van der Waals surface area contributed by atoms with E-state index in [0.29, 0.717) is 19.3 Å². The molecule has 0 spiro atoms. The molecule has 0 radical (unpaired) electrons. The first-order chi connectivity index (χ1) is 17.5. The Morgan fingerprint density at radius 1 is 0.889 bits per heavy atom. The second-order valence-corrected chi connectivity index (χ2v) is 9.30. The van der Waals surface area contributed by atoms with Crippen molar-refractivity contribution < 1.29 is 19.1 Å². The van der Waals surface area contributed by atoms with Gasteiger partial charge in [-0.1, -0.05) is 97.9 Å². The number of nitrogens with zero attached hydrogens (tertiary/aromatic N) is 1. The summed E-state index contributed by atoms with van der Waals surface area (Å²) in [6, 6.07) is 29.6. The minimum atomic E-state index is -0.978. The summed E-state index contributed by atoms with van der Waals surface area (Å²) in [5, 5.41) is 0. The fourth-order valence-electron chi connectivity index (χ4n) is 4.96. The number of ether oxygens (including phenoxy) is 2. The van der Waals surface area contributed by atoms with E-state index in [1.807, 2.05) is 91.0 Å². The van der Waals surface area contributed by atoms with E-state index in [0.717, 1.165) is 22.4 Å². The fraction of sp³-hybridized carbons (Fsp3) is 0.323. The van der Waals surface area contributed by atoms with Crippen LogP contribution in [-0.4, -0.2) is 30.3 Å². The minimum Gasteiger partial charge on any atom is -0.466 e. The van der Waals surface area contributed by atoms with Gasteiger partial charge in [0.2, 0.25) is 0 Å². The Balaban J connectivity index is 1.63. The van der Waals surface area contributed by atoms with Gasteiger partial charge in [0.05, 0.1) is 29.7 Å². The molecule has 186 valence electrons. The summed E-state index contributed by atoms with van der Waals surface area (Å²) in [6.07, 6.45) is 1.64. The molecule has 0 saturated heterocycles. The molecule has 1 fully saturated rings. The number of esters is 2. The molecule has 1 saturated carbocycles. The average molecular weight is 484 g/mol. The van der Waals surface area contributed by atoms with E-state index in [4.69, 9.17) is 14.5 Å². The molecule has 3 aromatic rings. The number of benzene rings is 3. The van der Waals surface area contributed by atoms with Gasteiger partial charge in [0, 0.05) is 11.1 Å². The molecule has 4 rings (SSSR count). The molecule has 5 heteroatoms. The van der Waals surface area contributed by atoms with Crippen LogP contribution in [0.2, 0.25) is 0 Å². The van der Waals surface area contributed by atoms with E-state index in [1.165, 1.54) is 0 Å². The molecular weight excluding hydrogens is 450 g/mol. The zero-order chi connectivity index (χ0) is 25.4. The van der Waals surface area contributed by atoms with Gasteiger partial charge in [-0.25, -0.2) is 0 Å². The zero-order valence-electron chi connectivity index (χ0n) is 20.9. The van der Waals surface area contributed by atoms with Crippen LogP contribution < -0.4 is 0 Å². The third-order valence-electron chi connectivity index (χ3n) is 7.02. The van der Waals surface area contributed by atoms with Gasteiger partial charge >= 0.3 is 11.9 Å². The first kappa shape index (κ1) is 25.4. The van der Waals surface area contributed by atoms with Gasteiger partial charge in [-0.05, 0) is 31.7 Å². The number of hydrogen-bond donors (Lipinski definition) is 0. The highest BCUT2D eigenvalue weighted by atomic mass is 16.5. The lowest BCUT2D eigenvalue weighted by atomic mass is 9.74. The zero-order valence-corrected chi connectivity index (χ0v) is 20.9. The Kier molecular flexibility index (Phi) is 8.32. The van der Waals surface area contributed by atoms with Gasteiger partial charge in [-0.15, -0.1) is 0 Å². The molecule has 0 aliphatic heterocycles. The van der Waals surface area contributed by atoms with Crippen molar-refractivity contribution in [2.24, 2.45) is 16.3 Å². The van der Waals surface area contributed by atoms with E-state index >= 15 is 0 Å². The third-order valence-corrected chi connectivity index (χ3v) is 7.02. The summed E-state index contributed by atoms with van der Waals surface area (Å²) in [7, 11) is 0. The van der Waals surface area contributed by atoms with E-state index in [1.54, 1.807) is 13.8 Å². The maximum atomic E-state index is 13.6. The van der Waals surface area contributed by atoms with Crippen molar-refractivity contribution in [3.8, 4) is 0 Å². The lowest BCUT2D eigenvalue weighted by Gasteiger charge is -2.31. The van der Waals surface area contributed by atoms with Crippen molar-refractivity contribution in [1.82, 2.24) is 0 Å². The van der Waals surface area contributed by atoms with E-state index in [9.17, 15) is 9.59 Å². The second-order valence-electron chi connectivity index (χ2n) is 9.30. The number of carbonyl (C=O) groups is 2. The highest BCUT2D eigenvalue weighted by Gasteiger charge is 2.53. The molecule has 0 bridgehead atoms. The third kappa shape index (κ3) is 5.73. The van der Waals surface area contributed by atoms with E-state index < -0.39 is 11.3 Å². The first-order valence-corrected chi connectivity index (χ1v) is 12.6. The predicted octanol–water partition coefficient (Wildman–Crippen LogP) is 6.01. The van der Waals surface area contributed by atoms with Gasteiger partial charge in [0.1, 0.15) is 6.61 Å². The van der Waals surface area contributed by atoms with Crippen LogP contribution in [0.4, 0.5) is 0 Å². The van der Waals surface area contributed by atoms with Crippen molar-refractivity contribution in [2.75, 3.05) is 6.61 Å². The molecular formula is C31H33NO4. The Morgan fingerprint density at radius 2 is 1.44 bits per heavy atom. The van der Waals surface area contributed by atoms with Gasteiger partial charge in [-0.3, -0.25) is 14.6 Å². The van der Waals surface area contributed by atoms with Crippen molar-refractivity contribution >= 4 is 17.7 Å². The molecule has 0 heterocycles. The maximum absolute atomic E-state index is 13.6. The fourth-order valence-corrected chi connectivity index (χ4v) is 4.96. The van der Waals surface area contributed by atoms with Crippen molar-refractivity contribution in [2.45, 2.75) is 45.8 Å². The Bertz CT molecular complexity index is 1140. The van der Waals surface area contributed by atoms with Gasteiger partial charge in [0.25, 0.3) is 0 Å². The first-order valence-electron chi connectivity index (χ1n) is 12.6. The summed E-state index contributed by atoms with van der Waals surface area (Å²) < 4.78 is 11.1. The molecule has 1 aliphatic rings. The van der Waals surface area contributed by atoms with E-state index in [-0.39, 0.29) is 31.2 Å². The number of carbonyl (C=O) groups excluding carboxylic acids is 2. The largest absolute Gasteiger partial charge is 0.466 e. The van der Waals surface area contributed by atoms with Gasteiger partial charge < -0.3 is 9.47 Å². The summed E-state index contributed by atoms with van der Waals surface area (Å²) >= 11 is 0. The molecule has 3 atom stereocenters. The molecule has 5 nitrogen and oxygen atoms in total. The van der Waals surface area contributed by atoms with Crippen LogP contribution in [0, 0.1) is 11.3 Å². The van der Waals surface area contributed by atoms with Crippen LogP contribution in [-0.2, 0) is 25.7 Å². The van der Waals surface area contributed by atoms with Crippen molar-refractivity contribution in [3.05, 3.63) is 108 Å². The smallest absolute Gasteiger partial charge is 0.313 e. The monoisotopic (exact) mass is 483 g/mol. The number of hydrogen-bond acceptors (Lipinski definition) is 5. The quantitative estimate of drug-likeness (QED) is 0.276. The Morgan fingerprint density at radius 3 is 2.00 bits per heavy atom. The summed E-state index contributed by atoms with van der Waals surface area (Å²) in [4.78, 5) is 31.6. The van der Waals surface area contributed by atoms with Gasteiger partial charge in [0.15, 0.2) is 0 Å². The highest BCUT2D eigenvalue weighted by Crippen LogP contribution is 2.47. The van der Waals surface area contributed by atoms with Crippen LogP contribution in [0.25, 0.3) is 0 Å². The maximum Gasteiger partial charge on any atom is 0.313 e. The van der Waals surface area contributed by atoms with Crippen LogP contribution in [0.15, 0.2) is 96.0 Å². The average Bonchev–Trinajstić information content (AvgIpc) is 3.37. The van der Waals surface area contributed by atoms with Crippen molar-refractivity contribution in [1.29, 1.82) is 0 Å². The molecule has 1 unspecified atom stereocenters. The summed E-state index contributed by atoms with van der Waals surface area (Å²) in [5.74, 6) is -1.35. The summed E-state index contributed by atoms with van der Waals surface area (Å²) in [6.45, 7) is 4.00. The topological polar surface area (TPSA) is 65.0 Å². The predicted molar refractivity (Wildman–Crippen MR) is 141 cm³/mol. The Hall–Kier alpha value is -3.73. The summed E-state index contributed by atoms with van der Waals surface area (Å²) in [5.41, 5.74) is 2.86. The van der Waals surface area contributed by atoms with E-state index in [2.05, 4.69) is 0 Å². The molecule has 0 amide bonds. The molecule has 0 N–H and O–H groups in total. The Labute approximate surface area is 213 Å². The minimum absolute atomic E-state index is 0.124. The molecule has 36 heavy (non-hydrogen) atoms. The molecule has 3 aromatic carbocycles. The SMILES string of the molecule is CCOC(=O)C(C)[C@]1(C(=O)OCc2ccccc2)CC[C@@H](N=C(c2ccccc2)c2ccccc2)C1. The molecule has 1 aliphatic carbocycles. The normalized spacial score (nSPS) is 19.8. The van der Waals surface area contributed by atoms with Crippen LogP contribution in [0.3, 0.4) is 0 Å². The van der Waals surface area contributed by atoms with Crippen molar-refractivity contribution in [3.63, 3.8) is 0 Å².